The first-order valence-electron chi connectivity index (χ1n) is 11.6. The summed E-state index contributed by atoms with van der Waals surface area (Å²) in [7, 11) is 0. The molecule has 2 aliphatic rings. The van der Waals surface area contributed by atoms with Crippen molar-refractivity contribution >= 4 is 12.0 Å². The van der Waals surface area contributed by atoms with E-state index < -0.39 is 24.4 Å². The maximum absolute atomic E-state index is 12.5. The Kier molecular flexibility index (Phi) is 6.25. The first-order chi connectivity index (χ1) is 17.1. The molecule has 1 heterocycles. The number of hydrogen-bond donors (Lipinski definition) is 2. The molecule has 0 fully saturated rings. The molecule has 2 N–H and O–H groups in total. The van der Waals surface area contributed by atoms with Gasteiger partial charge in [-0.2, -0.15) is 0 Å². The molecule has 0 amide bonds. The monoisotopic (exact) mass is 466 g/mol. The lowest BCUT2D eigenvalue weighted by atomic mass is 9.75. The molecule has 0 bridgehead atoms. The van der Waals surface area contributed by atoms with Gasteiger partial charge in [0.05, 0.1) is 12.2 Å². The summed E-state index contributed by atoms with van der Waals surface area (Å²) < 4.78 is 12.9. The average Bonchev–Trinajstić information content (AvgIpc) is 2.91. The van der Waals surface area contributed by atoms with Crippen molar-refractivity contribution in [3.8, 4) is 0 Å². The van der Waals surface area contributed by atoms with Crippen LogP contribution in [-0.4, -0.2) is 35.5 Å². The molecule has 35 heavy (non-hydrogen) atoms. The summed E-state index contributed by atoms with van der Waals surface area (Å²) in [6.45, 7) is 1.52. The lowest BCUT2D eigenvalue weighted by molar-refractivity contribution is -0.0430. The van der Waals surface area contributed by atoms with Gasteiger partial charge >= 0.3 is 0 Å². The number of carbonyl (C=O) groups excluding carboxylic acids is 1. The highest BCUT2D eigenvalue weighted by Crippen LogP contribution is 2.53. The second-order valence-electron chi connectivity index (χ2n) is 8.81. The van der Waals surface area contributed by atoms with Crippen molar-refractivity contribution in [3.63, 3.8) is 0 Å². The van der Waals surface area contributed by atoms with E-state index in [4.69, 9.17) is 9.47 Å². The standard InChI is InChI=1S/C30H26O5/c1-20-12-13-26-21(14-20)15-28(34-19-25(33)18-32)27-16-24(17-31)30(35-29(26)27,22-8-4-2-5-9-22)23-10-6-3-7-11-23/h2-16,25,29,32-33H,18-19H2,1H3. The number of benzene rings is 3. The summed E-state index contributed by atoms with van der Waals surface area (Å²) in [4.78, 5) is 12.5. The summed E-state index contributed by atoms with van der Waals surface area (Å²) in [6, 6.07) is 25.5. The fourth-order valence-electron chi connectivity index (χ4n) is 4.77. The number of rotatable bonds is 6. The molecule has 5 heteroatoms. The first kappa shape index (κ1) is 23.0. The van der Waals surface area contributed by atoms with Crippen LogP contribution in [0.3, 0.4) is 0 Å². The minimum Gasteiger partial charge on any atom is -0.490 e. The van der Waals surface area contributed by atoms with Crippen LogP contribution in [0.4, 0.5) is 0 Å². The van der Waals surface area contributed by atoms with Crippen LogP contribution < -0.4 is 0 Å². The van der Waals surface area contributed by atoms with Gasteiger partial charge in [-0.15, -0.1) is 0 Å². The Morgan fingerprint density at radius 3 is 2.26 bits per heavy atom. The molecule has 2 atom stereocenters. The number of aliphatic hydroxyl groups excluding tert-OH is 2. The predicted octanol–water partition coefficient (Wildman–Crippen LogP) is 4.42. The molecular weight excluding hydrogens is 440 g/mol. The summed E-state index contributed by atoms with van der Waals surface area (Å²) in [5.74, 6) is 2.64. The minimum absolute atomic E-state index is 0.0871. The summed E-state index contributed by atoms with van der Waals surface area (Å²) in [6.07, 6.45) is 2.13. The van der Waals surface area contributed by atoms with E-state index in [0.29, 0.717) is 16.9 Å². The maximum atomic E-state index is 12.5. The molecule has 176 valence electrons. The molecule has 0 saturated heterocycles. The molecule has 2 unspecified atom stereocenters. The molecule has 5 nitrogen and oxygen atoms in total. The van der Waals surface area contributed by atoms with Crippen LogP contribution in [-0.2, 0) is 19.9 Å². The molecule has 1 aliphatic carbocycles. The Morgan fingerprint density at radius 1 is 1.00 bits per heavy atom. The van der Waals surface area contributed by atoms with Gasteiger partial charge in [-0.25, -0.2) is 4.79 Å². The van der Waals surface area contributed by atoms with Crippen LogP contribution in [0.5, 0.6) is 0 Å². The largest absolute Gasteiger partial charge is 0.490 e. The van der Waals surface area contributed by atoms with E-state index in [1.54, 1.807) is 6.08 Å². The van der Waals surface area contributed by atoms with Gasteiger partial charge in [-0.05, 0) is 41.3 Å². The smallest absolute Gasteiger partial charge is 0.155 e. The number of ether oxygens (including phenoxy) is 2. The third-order valence-corrected chi connectivity index (χ3v) is 6.46. The molecule has 1 aliphatic heterocycles. The van der Waals surface area contributed by atoms with Crippen LogP contribution in [0.1, 0.15) is 33.9 Å². The van der Waals surface area contributed by atoms with E-state index in [9.17, 15) is 15.0 Å². The Hall–Kier alpha value is -3.73. The van der Waals surface area contributed by atoms with Crippen molar-refractivity contribution < 1.29 is 24.5 Å². The minimum atomic E-state index is -1.17. The molecule has 5 rings (SSSR count). The van der Waals surface area contributed by atoms with Crippen LogP contribution in [0.25, 0.3) is 6.08 Å². The Balaban J connectivity index is 1.73. The summed E-state index contributed by atoms with van der Waals surface area (Å²) >= 11 is 0. The van der Waals surface area contributed by atoms with Gasteiger partial charge in [0.15, 0.2) is 5.60 Å². The molecular formula is C30H26O5. The molecule has 0 aromatic heterocycles. The SMILES string of the molecule is Cc1ccc2c(c1)C=C(OCC(O)CO)C1=CC(=C=O)C(c3ccccc3)(c3ccccc3)OC12. The highest BCUT2D eigenvalue weighted by Gasteiger charge is 2.48. The van der Waals surface area contributed by atoms with Crippen molar-refractivity contribution in [3.05, 3.63) is 130 Å². The summed E-state index contributed by atoms with van der Waals surface area (Å²) in [5, 5.41) is 19.1. The topological polar surface area (TPSA) is 76.0 Å². The molecule has 3 aromatic rings. The van der Waals surface area contributed by atoms with Gasteiger partial charge in [0, 0.05) is 5.57 Å². The second kappa shape index (κ2) is 9.49. The third-order valence-electron chi connectivity index (χ3n) is 6.46. The Bertz CT molecular complexity index is 1290. The molecule has 0 saturated carbocycles. The van der Waals surface area contributed by atoms with Crippen molar-refractivity contribution in [2.45, 2.75) is 24.7 Å². The quantitative estimate of drug-likeness (QED) is 0.526. The van der Waals surface area contributed by atoms with E-state index in [1.165, 1.54) is 0 Å². The van der Waals surface area contributed by atoms with Crippen LogP contribution in [0.15, 0.2) is 102 Å². The maximum Gasteiger partial charge on any atom is 0.155 e. The van der Waals surface area contributed by atoms with Gasteiger partial charge < -0.3 is 19.7 Å². The van der Waals surface area contributed by atoms with Gasteiger partial charge in [0.25, 0.3) is 0 Å². The second-order valence-corrected chi connectivity index (χ2v) is 8.81. The van der Waals surface area contributed by atoms with Crippen molar-refractivity contribution in [2.75, 3.05) is 13.2 Å². The fraction of sp³-hybridized carbons (Fsp3) is 0.200. The van der Waals surface area contributed by atoms with Crippen molar-refractivity contribution in [1.82, 2.24) is 0 Å². The molecule has 3 aromatic carbocycles. The van der Waals surface area contributed by atoms with E-state index in [0.717, 1.165) is 27.8 Å². The van der Waals surface area contributed by atoms with Crippen LogP contribution >= 0.6 is 0 Å². The van der Waals surface area contributed by atoms with Crippen LogP contribution in [0.2, 0.25) is 0 Å². The number of hydrogen-bond acceptors (Lipinski definition) is 5. The van der Waals surface area contributed by atoms with Crippen molar-refractivity contribution in [1.29, 1.82) is 0 Å². The lowest BCUT2D eigenvalue weighted by Crippen LogP contribution is -2.39. The van der Waals surface area contributed by atoms with Gasteiger partial charge in [-0.3, -0.25) is 0 Å². The molecule has 0 spiro atoms. The normalized spacial score (nSPS) is 18.9. The van der Waals surface area contributed by atoms with Gasteiger partial charge in [0.2, 0.25) is 0 Å². The predicted molar refractivity (Wildman–Crippen MR) is 133 cm³/mol. The van der Waals surface area contributed by atoms with E-state index in [2.05, 4.69) is 12.0 Å². The Morgan fingerprint density at radius 2 is 1.66 bits per heavy atom. The zero-order valence-electron chi connectivity index (χ0n) is 19.3. The zero-order chi connectivity index (χ0) is 24.4. The van der Waals surface area contributed by atoms with Crippen molar-refractivity contribution in [2.24, 2.45) is 0 Å². The highest BCUT2D eigenvalue weighted by atomic mass is 16.5. The van der Waals surface area contributed by atoms with E-state index >= 15 is 0 Å². The highest BCUT2D eigenvalue weighted by molar-refractivity contribution is 5.74. The number of aliphatic hydroxyl groups is 2. The third kappa shape index (κ3) is 4.05. The lowest BCUT2D eigenvalue weighted by Gasteiger charge is -2.44. The summed E-state index contributed by atoms with van der Waals surface area (Å²) in [5.41, 5.74) is 4.45. The van der Waals surface area contributed by atoms with E-state index in [-0.39, 0.29) is 6.61 Å². The van der Waals surface area contributed by atoms with Gasteiger partial charge in [-0.1, -0.05) is 84.4 Å². The van der Waals surface area contributed by atoms with E-state index in [1.807, 2.05) is 85.8 Å². The molecule has 0 radical (unpaired) electrons. The zero-order valence-corrected chi connectivity index (χ0v) is 19.3. The Labute approximate surface area is 204 Å². The number of aryl methyl sites for hydroxylation is 1. The number of fused-ring (bicyclic) bond motifs is 3. The first-order valence-corrected chi connectivity index (χ1v) is 11.6. The van der Waals surface area contributed by atoms with Gasteiger partial charge in [0.1, 0.15) is 30.5 Å². The average molecular weight is 467 g/mol. The fourth-order valence-corrected chi connectivity index (χ4v) is 4.77. The van der Waals surface area contributed by atoms with Crippen LogP contribution in [0, 0.1) is 6.92 Å².